The van der Waals surface area contributed by atoms with Crippen molar-refractivity contribution >= 4 is 34.8 Å². The Hall–Kier alpha value is -3.12. The van der Waals surface area contributed by atoms with Crippen molar-refractivity contribution in [2.75, 3.05) is 12.4 Å². The van der Waals surface area contributed by atoms with E-state index in [-0.39, 0.29) is 22.1 Å². The molecule has 4 nitrogen and oxygen atoms in total. The maximum absolute atomic E-state index is 14.5. The second kappa shape index (κ2) is 14.0. The van der Waals surface area contributed by atoms with Gasteiger partial charge in [-0.1, -0.05) is 69.3 Å². The van der Waals surface area contributed by atoms with Gasteiger partial charge >= 0.3 is 0 Å². The van der Waals surface area contributed by atoms with Crippen LogP contribution < -0.4 is 5.32 Å². The number of rotatable bonds is 8. The van der Waals surface area contributed by atoms with Crippen molar-refractivity contribution in [3.05, 3.63) is 89.3 Å². The summed E-state index contributed by atoms with van der Waals surface area (Å²) >= 11 is 5.89. The van der Waals surface area contributed by atoms with Gasteiger partial charge in [-0.2, -0.15) is 0 Å². The van der Waals surface area contributed by atoms with Gasteiger partial charge in [0.15, 0.2) is 5.82 Å². The Labute approximate surface area is 194 Å². The summed E-state index contributed by atoms with van der Waals surface area (Å²) in [6.45, 7) is 12.7. The van der Waals surface area contributed by atoms with E-state index in [0.717, 1.165) is 0 Å². The van der Waals surface area contributed by atoms with Gasteiger partial charge in [-0.25, -0.2) is 18.7 Å². The van der Waals surface area contributed by atoms with E-state index in [4.69, 9.17) is 11.6 Å². The molecule has 0 fully saturated rings. The Kier molecular flexibility index (Phi) is 11.8. The first-order valence-corrected chi connectivity index (χ1v) is 10.5. The van der Waals surface area contributed by atoms with Crippen LogP contribution in [-0.4, -0.2) is 22.7 Å². The number of benzene rings is 1. The predicted octanol–water partition coefficient (Wildman–Crippen LogP) is 7.43. The fourth-order valence-corrected chi connectivity index (χ4v) is 2.73. The van der Waals surface area contributed by atoms with E-state index in [1.54, 1.807) is 37.5 Å². The molecule has 7 heteroatoms. The lowest BCUT2D eigenvalue weighted by atomic mass is 10.0. The molecule has 170 valence electrons. The standard InChI is InChI=1S/C22H21ClF2N4.C3H8/c1-5-11-27-18(7-3)22-28-19(13-24)16(21(26-4)29-22)12-14(6-2)15-9-8-10-17(23)20(15)25;1-3-2/h5-12H,2-3,13H2,1,4H3,(H,26,28,29);3H2,1-2H3/b11-5-,14-12+,27-18?;. The lowest BCUT2D eigenvalue weighted by Gasteiger charge is -2.13. The minimum absolute atomic E-state index is 0.0165. The van der Waals surface area contributed by atoms with Gasteiger partial charge in [0.25, 0.3) is 0 Å². The molecule has 32 heavy (non-hydrogen) atoms. The quantitative estimate of drug-likeness (QED) is 0.330. The Morgan fingerprint density at radius 2 is 1.91 bits per heavy atom. The van der Waals surface area contributed by atoms with Crippen molar-refractivity contribution < 1.29 is 8.78 Å². The summed E-state index contributed by atoms with van der Waals surface area (Å²) in [6.07, 6.45) is 9.09. The van der Waals surface area contributed by atoms with E-state index in [9.17, 15) is 8.78 Å². The normalized spacial score (nSPS) is 11.7. The smallest absolute Gasteiger partial charge is 0.180 e. The number of aliphatic imine (C=N–C) groups is 1. The molecule has 0 aliphatic carbocycles. The topological polar surface area (TPSA) is 50.2 Å². The third kappa shape index (κ3) is 6.95. The number of alkyl halides is 1. The largest absolute Gasteiger partial charge is 0.373 e. The summed E-state index contributed by atoms with van der Waals surface area (Å²) in [7, 11) is 1.65. The molecule has 0 amide bonds. The van der Waals surface area contributed by atoms with Crippen LogP contribution in [0.4, 0.5) is 14.6 Å². The van der Waals surface area contributed by atoms with Crippen molar-refractivity contribution in [1.29, 1.82) is 0 Å². The number of allylic oxidation sites excluding steroid dienone is 4. The van der Waals surface area contributed by atoms with Crippen LogP contribution in [0.2, 0.25) is 5.02 Å². The molecule has 0 atom stereocenters. The summed E-state index contributed by atoms with van der Waals surface area (Å²) in [5.74, 6) is -0.00102. The molecule has 0 aliphatic heterocycles. The first-order chi connectivity index (χ1) is 15.4. The van der Waals surface area contributed by atoms with E-state index >= 15 is 0 Å². The highest BCUT2D eigenvalue weighted by molar-refractivity contribution is 6.31. The van der Waals surface area contributed by atoms with Crippen LogP contribution in [0.5, 0.6) is 0 Å². The molecular formula is C25H29ClF2N4. The second-order valence-electron chi connectivity index (χ2n) is 6.45. The third-order valence-corrected chi connectivity index (χ3v) is 4.25. The van der Waals surface area contributed by atoms with Crippen LogP contribution in [0.25, 0.3) is 11.6 Å². The fraction of sp³-hybridized carbons (Fsp3) is 0.240. The molecule has 0 radical (unpaired) electrons. The zero-order chi connectivity index (χ0) is 24.1. The van der Waals surface area contributed by atoms with E-state index < -0.39 is 12.5 Å². The average Bonchev–Trinajstić information content (AvgIpc) is 2.80. The number of hydrogen-bond donors (Lipinski definition) is 1. The monoisotopic (exact) mass is 458 g/mol. The minimum atomic E-state index is -0.855. The molecule has 2 aromatic rings. The summed E-state index contributed by atoms with van der Waals surface area (Å²) in [5, 5.41) is 2.91. The lowest BCUT2D eigenvalue weighted by Crippen LogP contribution is -2.11. The lowest BCUT2D eigenvalue weighted by molar-refractivity contribution is 0.474. The third-order valence-electron chi connectivity index (χ3n) is 3.96. The molecular weight excluding hydrogens is 430 g/mol. The van der Waals surface area contributed by atoms with Crippen molar-refractivity contribution in [2.45, 2.75) is 33.9 Å². The van der Waals surface area contributed by atoms with Crippen LogP contribution in [0, 0.1) is 5.82 Å². The second-order valence-corrected chi connectivity index (χ2v) is 6.86. The summed E-state index contributed by atoms with van der Waals surface area (Å²) < 4.78 is 28.3. The van der Waals surface area contributed by atoms with Crippen LogP contribution in [0.3, 0.4) is 0 Å². The van der Waals surface area contributed by atoms with Crippen molar-refractivity contribution in [2.24, 2.45) is 4.99 Å². The van der Waals surface area contributed by atoms with Gasteiger partial charge in [-0.05, 0) is 30.7 Å². The van der Waals surface area contributed by atoms with E-state index in [0.29, 0.717) is 22.7 Å². The molecule has 0 spiro atoms. The van der Waals surface area contributed by atoms with Crippen LogP contribution >= 0.6 is 11.6 Å². The molecule has 1 aromatic carbocycles. The number of halogens is 3. The Morgan fingerprint density at radius 3 is 2.44 bits per heavy atom. The molecule has 0 saturated carbocycles. The molecule has 0 bridgehead atoms. The van der Waals surface area contributed by atoms with E-state index in [1.165, 1.54) is 24.6 Å². The van der Waals surface area contributed by atoms with Gasteiger partial charge in [0.2, 0.25) is 0 Å². The molecule has 2 rings (SSSR count). The van der Waals surface area contributed by atoms with E-state index in [1.807, 2.05) is 6.92 Å². The number of nitrogens with one attached hydrogen (secondary N) is 1. The first kappa shape index (κ1) is 26.9. The van der Waals surface area contributed by atoms with Crippen molar-refractivity contribution in [1.82, 2.24) is 9.97 Å². The molecule has 0 unspecified atom stereocenters. The molecule has 1 N–H and O–H groups in total. The molecule has 1 aromatic heterocycles. The zero-order valence-electron chi connectivity index (χ0n) is 18.9. The van der Waals surface area contributed by atoms with Gasteiger partial charge in [0, 0.05) is 24.4 Å². The zero-order valence-corrected chi connectivity index (χ0v) is 19.7. The predicted molar refractivity (Wildman–Crippen MR) is 133 cm³/mol. The molecule has 0 saturated heterocycles. The first-order valence-electron chi connectivity index (χ1n) is 10.2. The van der Waals surface area contributed by atoms with Crippen molar-refractivity contribution in [3.8, 4) is 0 Å². The molecule has 1 heterocycles. The Bertz CT molecular complexity index is 1000. The number of nitrogens with zero attached hydrogens (tertiary/aromatic N) is 3. The van der Waals surface area contributed by atoms with Gasteiger partial charge in [0.1, 0.15) is 24.0 Å². The van der Waals surface area contributed by atoms with Crippen LogP contribution in [0.15, 0.2) is 60.8 Å². The van der Waals surface area contributed by atoms with Crippen LogP contribution in [-0.2, 0) is 6.67 Å². The Morgan fingerprint density at radius 1 is 1.22 bits per heavy atom. The highest BCUT2D eigenvalue weighted by Gasteiger charge is 2.16. The SMILES string of the molecule is C=CC(=N/C=C\C)c1nc(CF)c(/C=C(\C=C)c2cccc(Cl)c2F)c(NC)n1.CCC. The Balaban J connectivity index is 0.00000161. The minimum Gasteiger partial charge on any atom is -0.373 e. The maximum Gasteiger partial charge on any atom is 0.180 e. The average molecular weight is 459 g/mol. The van der Waals surface area contributed by atoms with Gasteiger partial charge in [0.05, 0.1) is 10.7 Å². The highest BCUT2D eigenvalue weighted by Crippen LogP contribution is 2.29. The number of anilines is 1. The summed E-state index contributed by atoms with van der Waals surface area (Å²) in [5.41, 5.74) is 1.55. The van der Waals surface area contributed by atoms with Crippen LogP contribution in [0.1, 0.15) is 49.8 Å². The fourth-order valence-electron chi connectivity index (χ4n) is 2.56. The number of hydrogen-bond acceptors (Lipinski definition) is 4. The van der Waals surface area contributed by atoms with Gasteiger partial charge in [-0.3, -0.25) is 4.99 Å². The van der Waals surface area contributed by atoms with Gasteiger partial charge in [-0.15, -0.1) is 0 Å². The maximum atomic E-state index is 14.5. The van der Waals surface area contributed by atoms with Crippen molar-refractivity contribution in [3.63, 3.8) is 0 Å². The summed E-state index contributed by atoms with van der Waals surface area (Å²) in [6, 6.07) is 4.64. The van der Waals surface area contributed by atoms with E-state index in [2.05, 4.69) is 47.3 Å². The summed E-state index contributed by atoms with van der Waals surface area (Å²) in [4.78, 5) is 12.9. The highest BCUT2D eigenvalue weighted by atomic mass is 35.5. The van der Waals surface area contributed by atoms with Gasteiger partial charge < -0.3 is 5.32 Å². The number of aromatic nitrogens is 2. The molecule has 0 aliphatic rings.